The number of nitrogens with one attached hydrogen (secondary N) is 2. The highest BCUT2D eigenvalue weighted by atomic mass is 19.4. The fourth-order valence-corrected chi connectivity index (χ4v) is 6.59. The van der Waals surface area contributed by atoms with Gasteiger partial charge >= 0.3 is 6.18 Å². The minimum absolute atomic E-state index is 0.00565. The molecule has 5 atom stereocenters. The van der Waals surface area contributed by atoms with Crippen molar-refractivity contribution in [2.24, 2.45) is 11.8 Å². The Morgan fingerprint density at radius 2 is 1.77 bits per heavy atom. The molecule has 3 heterocycles. The molecule has 3 aliphatic rings. The average Bonchev–Trinajstić information content (AvgIpc) is 2.96. The van der Waals surface area contributed by atoms with Crippen molar-refractivity contribution in [3.63, 3.8) is 0 Å². The molecule has 0 aromatic heterocycles. The highest BCUT2D eigenvalue weighted by Gasteiger charge is 2.43. The molecule has 3 fully saturated rings. The normalized spacial score (nSPS) is 23.3. The van der Waals surface area contributed by atoms with Crippen molar-refractivity contribution in [2.45, 2.75) is 38.0 Å². The van der Waals surface area contributed by atoms with Crippen molar-refractivity contribution < 1.29 is 13.2 Å². The van der Waals surface area contributed by atoms with Crippen LogP contribution in [-0.4, -0.2) is 24.0 Å². The summed E-state index contributed by atoms with van der Waals surface area (Å²) in [7, 11) is 0. The van der Waals surface area contributed by atoms with Crippen LogP contribution in [0.4, 0.5) is 30.2 Å². The highest BCUT2D eigenvalue weighted by Crippen LogP contribution is 2.44. The highest BCUT2D eigenvalue weighted by molar-refractivity contribution is 5.87. The van der Waals surface area contributed by atoms with Crippen LogP contribution in [0.3, 0.4) is 0 Å². The van der Waals surface area contributed by atoms with Gasteiger partial charge in [0.25, 0.3) is 10.9 Å². The second-order valence-corrected chi connectivity index (χ2v) is 11.1. The molecular formula is C32H30F3N3O2. The largest absolute Gasteiger partial charge is 0.416 e. The minimum atomic E-state index is -4.53. The summed E-state index contributed by atoms with van der Waals surface area (Å²) in [6.45, 7) is 7.40. The standard InChI is InChI=1S/C32H30F3N3O2/c1-3-19-17-38-12-11-21(19)15-26(38)27(25-10-6-8-20-7-4-5-9-24(20)25)37-29-28(30(39)31(29)40)36-23-14-18(2)13-22(16-23)32(33,34)35/h3-10,13-14,16,19,21,26-27,36-37H,1,11-12,15,17H2,2H3. The van der Waals surface area contributed by atoms with Crippen LogP contribution >= 0.6 is 0 Å². The number of hydrogen-bond acceptors (Lipinski definition) is 5. The lowest BCUT2D eigenvalue weighted by molar-refractivity contribution is -0.137. The second kappa shape index (κ2) is 9.93. The Morgan fingerprint density at radius 1 is 1.02 bits per heavy atom. The Morgan fingerprint density at radius 3 is 2.50 bits per heavy atom. The monoisotopic (exact) mass is 545 g/mol. The van der Waals surface area contributed by atoms with Crippen molar-refractivity contribution in [1.29, 1.82) is 0 Å². The zero-order valence-corrected chi connectivity index (χ0v) is 22.1. The van der Waals surface area contributed by atoms with E-state index < -0.39 is 22.6 Å². The Labute approximate surface area is 230 Å². The molecule has 0 radical (unpaired) electrons. The van der Waals surface area contributed by atoms with E-state index in [1.54, 1.807) is 6.92 Å². The molecule has 3 saturated heterocycles. The molecule has 0 spiro atoms. The Balaban J connectivity index is 1.40. The molecular weight excluding hydrogens is 515 g/mol. The Hall–Kier alpha value is -3.91. The van der Waals surface area contributed by atoms with E-state index in [2.05, 4.69) is 28.2 Å². The molecule has 3 aliphatic heterocycles. The molecule has 0 amide bonds. The Bertz CT molecular complexity index is 1670. The van der Waals surface area contributed by atoms with Crippen LogP contribution in [0.1, 0.15) is 35.6 Å². The maximum absolute atomic E-state index is 13.4. The van der Waals surface area contributed by atoms with Crippen LogP contribution in [0.5, 0.6) is 0 Å². The number of aryl methyl sites for hydroxylation is 1. The molecule has 40 heavy (non-hydrogen) atoms. The van der Waals surface area contributed by atoms with Crippen molar-refractivity contribution in [1.82, 2.24) is 4.90 Å². The first-order valence-corrected chi connectivity index (χ1v) is 13.5. The zero-order chi connectivity index (χ0) is 28.2. The van der Waals surface area contributed by atoms with E-state index in [-0.39, 0.29) is 29.1 Å². The lowest BCUT2D eigenvalue weighted by atomic mass is 9.72. The van der Waals surface area contributed by atoms with Crippen LogP contribution in [0, 0.1) is 18.8 Å². The van der Waals surface area contributed by atoms with Gasteiger partial charge in [0.1, 0.15) is 11.4 Å². The van der Waals surface area contributed by atoms with Gasteiger partial charge in [-0.3, -0.25) is 14.5 Å². The number of halogens is 3. The van der Waals surface area contributed by atoms with Crippen molar-refractivity contribution in [3.05, 3.63) is 110 Å². The summed E-state index contributed by atoms with van der Waals surface area (Å²) in [4.78, 5) is 28.0. The molecule has 206 valence electrons. The first-order valence-electron chi connectivity index (χ1n) is 13.5. The fraction of sp³-hybridized carbons (Fsp3) is 0.312. The number of anilines is 3. The van der Waals surface area contributed by atoms with Crippen LogP contribution < -0.4 is 21.5 Å². The smallest absolute Gasteiger partial charge is 0.372 e. The summed E-state index contributed by atoms with van der Waals surface area (Å²) in [6.07, 6.45) is -0.516. The molecule has 7 rings (SSSR count). The van der Waals surface area contributed by atoms with Gasteiger partial charge < -0.3 is 10.6 Å². The molecule has 2 N–H and O–H groups in total. The quantitative estimate of drug-likeness (QED) is 0.204. The number of alkyl halides is 3. The minimum Gasteiger partial charge on any atom is -0.372 e. The molecule has 5 unspecified atom stereocenters. The third kappa shape index (κ3) is 4.60. The van der Waals surface area contributed by atoms with Gasteiger partial charge in [0, 0.05) is 18.3 Å². The van der Waals surface area contributed by atoms with Gasteiger partial charge in [-0.15, -0.1) is 6.58 Å². The second-order valence-electron chi connectivity index (χ2n) is 11.1. The Kier molecular flexibility index (Phi) is 6.53. The summed E-state index contributed by atoms with van der Waals surface area (Å²) in [6, 6.07) is 17.4. The topological polar surface area (TPSA) is 61.4 Å². The maximum atomic E-state index is 13.4. The van der Waals surface area contributed by atoms with E-state index in [0.717, 1.165) is 54.4 Å². The van der Waals surface area contributed by atoms with E-state index in [0.29, 0.717) is 17.4 Å². The molecule has 4 aromatic carbocycles. The first kappa shape index (κ1) is 26.3. The van der Waals surface area contributed by atoms with Gasteiger partial charge in [0.2, 0.25) is 0 Å². The number of benzene rings is 3. The van der Waals surface area contributed by atoms with Crippen LogP contribution in [0.2, 0.25) is 0 Å². The molecule has 8 heteroatoms. The molecule has 2 bridgehead atoms. The van der Waals surface area contributed by atoms with E-state index >= 15 is 0 Å². The third-order valence-electron chi connectivity index (χ3n) is 8.58. The summed E-state index contributed by atoms with van der Waals surface area (Å²) in [5.41, 5.74) is -0.613. The van der Waals surface area contributed by atoms with E-state index in [1.165, 1.54) is 6.07 Å². The van der Waals surface area contributed by atoms with Gasteiger partial charge in [0.05, 0.1) is 11.6 Å². The zero-order valence-electron chi connectivity index (χ0n) is 22.1. The number of nitrogens with zero attached hydrogens (tertiary/aromatic N) is 1. The lowest BCUT2D eigenvalue weighted by Crippen LogP contribution is -2.56. The van der Waals surface area contributed by atoms with Crippen molar-refractivity contribution in [3.8, 4) is 0 Å². The van der Waals surface area contributed by atoms with Gasteiger partial charge in [-0.25, -0.2) is 0 Å². The van der Waals surface area contributed by atoms with Crippen LogP contribution in [-0.2, 0) is 6.18 Å². The predicted molar refractivity (Wildman–Crippen MR) is 153 cm³/mol. The number of piperidine rings is 3. The summed E-state index contributed by atoms with van der Waals surface area (Å²) >= 11 is 0. The number of rotatable bonds is 7. The van der Waals surface area contributed by atoms with Crippen LogP contribution in [0.15, 0.2) is 82.9 Å². The SMILES string of the molecule is C=CC1CN2CCC1CC2C(Nc1c(Nc2cc(C)cc(C(F)(F)F)c2)c(=O)c1=O)c1cccc2ccccc12. The van der Waals surface area contributed by atoms with Gasteiger partial charge in [-0.05, 0) is 78.2 Å². The van der Waals surface area contributed by atoms with E-state index in [4.69, 9.17) is 0 Å². The molecule has 0 saturated carbocycles. The van der Waals surface area contributed by atoms with E-state index in [9.17, 15) is 22.8 Å². The number of fused-ring (bicyclic) bond motifs is 4. The predicted octanol–water partition coefficient (Wildman–Crippen LogP) is 6.56. The van der Waals surface area contributed by atoms with Gasteiger partial charge in [-0.2, -0.15) is 13.2 Å². The first-order chi connectivity index (χ1) is 19.1. The summed E-state index contributed by atoms with van der Waals surface area (Å²) in [5, 5.41) is 8.36. The lowest BCUT2D eigenvalue weighted by Gasteiger charge is -2.52. The molecule has 0 aliphatic carbocycles. The average molecular weight is 546 g/mol. The summed E-state index contributed by atoms with van der Waals surface area (Å²) < 4.78 is 40.3. The maximum Gasteiger partial charge on any atom is 0.416 e. The van der Waals surface area contributed by atoms with Gasteiger partial charge in [-0.1, -0.05) is 48.5 Å². The van der Waals surface area contributed by atoms with Crippen LogP contribution in [0.25, 0.3) is 10.8 Å². The fourth-order valence-electron chi connectivity index (χ4n) is 6.59. The number of hydrogen-bond donors (Lipinski definition) is 2. The third-order valence-corrected chi connectivity index (χ3v) is 8.58. The van der Waals surface area contributed by atoms with Crippen molar-refractivity contribution >= 4 is 27.8 Å². The molecule has 4 aromatic rings. The van der Waals surface area contributed by atoms with E-state index in [1.807, 2.05) is 42.5 Å². The van der Waals surface area contributed by atoms with Crippen molar-refractivity contribution in [2.75, 3.05) is 23.7 Å². The van der Waals surface area contributed by atoms with Gasteiger partial charge in [0.15, 0.2) is 0 Å². The summed E-state index contributed by atoms with van der Waals surface area (Å²) in [5.74, 6) is 0.885. The molecule has 5 nitrogen and oxygen atoms in total.